The monoisotopic (exact) mass is 416 g/mol. The first-order chi connectivity index (χ1) is 14.9. The quantitative estimate of drug-likeness (QED) is 0.533. The second kappa shape index (κ2) is 7.80. The van der Waals surface area contributed by atoms with Gasteiger partial charge in [-0.05, 0) is 35.9 Å². The van der Waals surface area contributed by atoms with Gasteiger partial charge in [-0.3, -0.25) is 9.59 Å². The summed E-state index contributed by atoms with van der Waals surface area (Å²) in [6.45, 7) is 4.29. The molecule has 4 rings (SSSR count). The summed E-state index contributed by atoms with van der Waals surface area (Å²) in [7, 11) is 1.86. The first-order valence-electron chi connectivity index (χ1n) is 10.2. The zero-order valence-electron chi connectivity index (χ0n) is 17.8. The lowest BCUT2D eigenvalue weighted by Crippen LogP contribution is -2.31. The molecule has 0 radical (unpaired) electrons. The number of nitriles is 1. The molecule has 3 aromatic rings. The van der Waals surface area contributed by atoms with Crippen LogP contribution in [0.3, 0.4) is 0 Å². The van der Waals surface area contributed by atoms with E-state index in [1.807, 2.05) is 37.4 Å². The topological polar surface area (TPSA) is 107 Å². The molecule has 1 aliphatic rings. The molecule has 1 heterocycles. The molecule has 158 valence electrons. The van der Waals surface area contributed by atoms with Crippen molar-refractivity contribution in [3.8, 4) is 11.8 Å². The maximum Gasteiger partial charge on any atom is 0.257 e. The molecule has 0 atom stereocenters. The van der Waals surface area contributed by atoms with Crippen LogP contribution in [0.25, 0.3) is 10.9 Å². The Labute approximate surface area is 180 Å². The van der Waals surface area contributed by atoms with Crippen LogP contribution in [0.5, 0.6) is 5.75 Å². The smallest absolute Gasteiger partial charge is 0.257 e. The first kappa shape index (κ1) is 20.5. The van der Waals surface area contributed by atoms with Crippen molar-refractivity contribution in [1.29, 1.82) is 5.26 Å². The van der Waals surface area contributed by atoms with Gasteiger partial charge in [0.2, 0.25) is 0 Å². The molecule has 0 saturated carbocycles. The summed E-state index contributed by atoms with van der Waals surface area (Å²) in [4.78, 5) is 28.7. The number of nitrogens with zero attached hydrogens (tertiary/aromatic N) is 1. The van der Waals surface area contributed by atoms with Gasteiger partial charge in [0.05, 0.1) is 18.1 Å². The Morgan fingerprint density at radius 3 is 2.77 bits per heavy atom. The van der Waals surface area contributed by atoms with E-state index in [2.05, 4.69) is 29.5 Å². The van der Waals surface area contributed by atoms with Crippen LogP contribution in [0, 0.1) is 11.3 Å². The molecule has 0 spiro atoms. The van der Waals surface area contributed by atoms with E-state index in [9.17, 15) is 9.59 Å². The van der Waals surface area contributed by atoms with E-state index in [-0.39, 0.29) is 24.7 Å². The molecule has 0 saturated heterocycles. The summed E-state index contributed by atoms with van der Waals surface area (Å²) < 4.78 is 5.65. The standard InChI is InChI=1S/C24H24N4O3/c1-24(2)18-12-15(31-13-20(29)27-10-4-9-25)6-8-16(18)22(30)21-17-7-5-14(26-3)11-19(17)28-23(21)24/h5-8,11-12,26,28H,4,10,13H2,1-3H3,(H,27,29). The van der Waals surface area contributed by atoms with Crippen molar-refractivity contribution in [3.63, 3.8) is 0 Å². The third-order valence-electron chi connectivity index (χ3n) is 5.78. The minimum Gasteiger partial charge on any atom is -0.484 e. The number of carbonyl (C=O) groups excluding carboxylic acids is 2. The van der Waals surface area contributed by atoms with E-state index in [1.165, 1.54) is 0 Å². The number of rotatable bonds is 6. The molecule has 2 aromatic carbocycles. The number of carbonyl (C=O) groups is 2. The third kappa shape index (κ3) is 3.50. The number of ketones is 1. The van der Waals surface area contributed by atoms with Crippen molar-refractivity contribution < 1.29 is 14.3 Å². The highest BCUT2D eigenvalue weighted by atomic mass is 16.5. The Kier molecular flexibility index (Phi) is 5.15. The highest BCUT2D eigenvalue weighted by molar-refractivity contribution is 6.20. The predicted octanol–water partition coefficient (Wildman–Crippen LogP) is 3.49. The lowest BCUT2D eigenvalue weighted by Gasteiger charge is -2.32. The van der Waals surface area contributed by atoms with Gasteiger partial charge in [0.25, 0.3) is 5.91 Å². The zero-order valence-corrected chi connectivity index (χ0v) is 17.8. The Morgan fingerprint density at radius 2 is 2.03 bits per heavy atom. The second-order valence-corrected chi connectivity index (χ2v) is 8.09. The molecule has 0 bridgehead atoms. The van der Waals surface area contributed by atoms with Crippen molar-refractivity contribution in [2.24, 2.45) is 0 Å². The summed E-state index contributed by atoms with van der Waals surface area (Å²) in [6.07, 6.45) is 0.254. The van der Waals surface area contributed by atoms with E-state index >= 15 is 0 Å². The molecule has 7 heteroatoms. The van der Waals surface area contributed by atoms with Crippen LogP contribution < -0.4 is 15.4 Å². The Bertz CT molecular complexity index is 1230. The Balaban J connectivity index is 1.66. The fraction of sp³-hybridized carbons (Fsp3) is 0.292. The fourth-order valence-corrected chi connectivity index (χ4v) is 4.11. The molecule has 1 aromatic heterocycles. The van der Waals surface area contributed by atoms with E-state index in [0.717, 1.165) is 27.8 Å². The van der Waals surface area contributed by atoms with E-state index in [1.54, 1.807) is 12.1 Å². The third-order valence-corrected chi connectivity index (χ3v) is 5.78. The summed E-state index contributed by atoms with van der Waals surface area (Å²) in [5.74, 6) is 0.210. The maximum atomic E-state index is 13.4. The minimum atomic E-state index is -0.453. The van der Waals surface area contributed by atoms with Crippen LogP contribution in [-0.2, 0) is 10.2 Å². The van der Waals surface area contributed by atoms with Crippen molar-refractivity contribution >= 4 is 28.3 Å². The van der Waals surface area contributed by atoms with Crippen LogP contribution in [0.15, 0.2) is 36.4 Å². The molecule has 1 aliphatic carbocycles. The second-order valence-electron chi connectivity index (χ2n) is 8.09. The number of benzene rings is 2. The number of nitrogens with one attached hydrogen (secondary N) is 3. The number of amides is 1. The fourth-order valence-electron chi connectivity index (χ4n) is 4.11. The van der Waals surface area contributed by atoms with Gasteiger partial charge in [0, 0.05) is 46.9 Å². The van der Waals surface area contributed by atoms with Crippen LogP contribution >= 0.6 is 0 Å². The van der Waals surface area contributed by atoms with Gasteiger partial charge in [-0.25, -0.2) is 0 Å². The number of fused-ring (bicyclic) bond motifs is 4. The van der Waals surface area contributed by atoms with Crippen LogP contribution in [0.4, 0.5) is 5.69 Å². The van der Waals surface area contributed by atoms with E-state index < -0.39 is 5.41 Å². The molecule has 1 amide bonds. The number of aromatic amines is 1. The molecule has 0 aliphatic heterocycles. The summed E-state index contributed by atoms with van der Waals surface area (Å²) in [5, 5.41) is 15.2. The number of H-pyrrole nitrogens is 1. The van der Waals surface area contributed by atoms with Gasteiger partial charge in [-0.15, -0.1) is 0 Å². The SMILES string of the molecule is CNc1ccc2c3c([nH]c2c1)C(C)(C)c1cc(OCC(=O)NCCC#N)ccc1C3=O. The molecule has 3 N–H and O–H groups in total. The molecule has 7 nitrogen and oxygen atoms in total. The number of ether oxygens (including phenoxy) is 1. The summed E-state index contributed by atoms with van der Waals surface area (Å²) in [6, 6.07) is 13.2. The van der Waals surface area contributed by atoms with Crippen LogP contribution in [0.2, 0.25) is 0 Å². The Hall–Kier alpha value is -3.79. The van der Waals surface area contributed by atoms with Crippen LogP contribution in [-0.4, -0.2) is 36.9 Å². The van der Waals surface area contributed by atoms with Crippen molar-refractivity contribution in [3.05, 3.63) is 58.8 Å². The lowest BCUT2D eigenvalue weighted by molar-refractivity contribution is -0.123. The van der Waals surface area contributed by atoms with Crippen molar-refractivity contribution in [2.45, 2.75) is 25.7 Å². The molecule has 31 heavy (non-hydrogen) atoms. The summed E-state index contributed by atoms with van der Waals surface area (Å²) >= 11 is 0. The predicted molar refractivity (Wildman–Crippen MR) is 119 cm³/mol. The normalized spacial score (nSPS) is 13.8. The number of anilines is 1. The first-order valence-corrected chi connectivity index (χ1v) is 10.2. The number of hydrogen-bond donors (Lipinski definition) is 3. The largest absolute Gasteiger partial charge is 0.484 e. The highest BCUT2D eigenvalue weighted by Crippen LogP contribution is 2.44. The zero-order chi connectivity index (χ0) is 22.2. The molecule has 0 fully saturated rings. The minimum absolute atomic E-state index is 0.0198. The molecular weight excluding hydrogens is 392 g/mol. The van der Waals surface area contributed by atoms with Crippen LogP contribution in [0.1, 0.15) is 47.4 Å². The van der Waals surface area contributed by atoms with Gasteiger partial charge in [0.15, 0.2) is 12.4 Å². The van der Waals surface area contributed by atoms with E-state index in [4.69, 9.17) is 10.00 Å². The average Bonchev–Trinajstić information content (AvgIpc) is 3.16. The molecule has 0 unspecified atom stereocenters. The van der Waals surface area contributed by atoms with Crippen molar-refractivity contribution in [2.75, 3.05) is 25.5 Å². The van der Waals surface area contributed by atoms with Gasteiger partial charge < -0.3 is 20.4 Å². The van der Waals surface area contributed by atoms with Gasteiger partial charge in [0.1, 0.15) is 5.75 Å². The highest BCUT2D eigenvalue weighted by Gasteiger charge is 2.39. The molecular formula is C24H24N4O3. The van der Waals surface area contributed by atoms with Crippen molar-refractivity contribution in [1.82, 2.24) is 10.3 Å². The maximum absolute atomic E-state index is 13.4. The lowest BCUT2D eigenvalue weighted by atomic mass is 9.71. The summed E-state index contributed by atoms with van der Waals surface area (Å²) in [5.41, 5.74) is 4.51. The van der Waals surface area contributed by atoms with Gasteiger partial charge in [-0.1, -0.05) is 19.9 Å². The van der Waals surface area contributed by atoms with Gasteiger partial charge in [-0.2, -0.15) is 5.26 Å². The number of hydrogen-bond acceptors (Lipinski definition) is 5. The van der Waals surface area contributed by atoms with Gasteiger partial charge >= 0.3 is 0 Å². The van der Waals surface area contributed by atoms with E-state index in [0.29, 0.717) is 23.4 Å². The average molecular weight is 416 g/mol. The Morgan fingerprint density at radius 1 is 1.23 bits per heavy atom. The number of aromatic nitrogens is 1.